The molecule has 1 aromatic heterocycles. The van der Waals surface area contributed by atoms with E-state index in [9.17, 15) is 9.90 Å². The molecule has 4 rings (SSSR count). The van der Waals surface area contributed by atoms with Crippen molar-refractivity contribution in [3.05, 3.63) is 85.0 Å². The lowest BCUT2D eigenvalue weighted by atomic mass is 10.1. The molecule has 2 heterocycles. The van der Waals surface area contributed by atoms with Gasteiger partial charge >= 0.3 is 0 Å². The summed E-state index contributed by atoms with van der Waals surface area (Å²) in [4.78, 5) is 21.7. The van der Waals surface area contributed by atoms with Gasteiger partial charge < -0.3 is 5.11 Å². The standard InChI is InChI=1S/C19H14N4O2S2/c1-11-5-4-6-12(9-11)17(24)22-23-18(25)15(27-19(23)26)10-16-20-13-7-2-3-8-14(13)21-16/h2-10,25H,1H3,(H,22,24). The number of carbonyl (C=O) groups excluding carboxylic acids is 1. The average molecular weight is 394 g/mol. The molecule has 0 unspecified atom stereocenters. The van der Waals surface area contributed by atoms with E-state index >= 15 is 0 Å². The highest BCUT2D eigenvalue weighted by Gasteiger charge is 2.15. The van der Waals surface area contributed by atoms with E-state index in [1.54, 1.807) is 24.3 Å². The Morgan fingerprint density at radius 1 is 1.19 bits per heavy atom. The molecule has 0 saturated carbocycles. The summed E-state index contributed by atoms with van der Waals surface area (Å²) in [5.74, 6) is -0.0375. The van der Waals surface area contributed by atoms with E-state index in [0.717, 1.165) is 27.6 Å². The van der Waals surface area contributed by atoms with Crippen molar-refractivity contribution in [1.82, 2.24) is 4.68 Å². The number of fused-ring (bicyclic) bond motifs is 1. The molecule has 0 fully saturated rings. The van der Waals surface area contributed by atoms with Crippen molar-refractivity contribution in [1.29, 1.82) is 0 Å². The third kappa shape index (κ3) is 3.44. The topological polar surface area (TPSA) is 79.0 Å². The van der Waals surface area contributed by atoms with Crippen molar-refractivity contribution >= 4 is 35.5 Å². The van der Waals surface area contributed by atoms with Gasteiger partial charge in [-0.05, 0) is 43.4 Å². The fourth-order valence-electron chi connectivity index (χ4n) is 2.63. The molecule has 2 aromatic carbocycles. The fraction of sp³-hybridized carbons (Fsp3) is 0.0526. The van der Waals surface area contributed by atoms with E-state index < -0.39 is 0 Å². The predicted molar refractivity (Wildman–Crippen MR) is 106 cm³/mol. The summed E-state index contributed by atoms with van der Waals surface area (Å²) < 4.78 is 1.51. The average Bonchev–Trinajstić information content (AvgIpc) is 3.17. The van der Waals surface area contributed by atoms with Crippen LogP contribution in [0.25, 0.3) is 6.08 Å². The number of aromatic nitrogens is 1. The molecule has 0 saturated heterocycles. The molecule has 1 aliphatic heterocycles. The Morgan fingerprint density at radius 3 is 2.56 bits per heavy atom. The highest BCUT2D eigenvalue weighted by molar-refractivity contribution is 7.73. The Bertz CT molecular complexity index is 1230. The van der Waals surface area contributed by atoms with E-state index in [1.165, 1.54) is 4.68 Å². The molecule has 0 atom stereocenters. The molecule has 6 nitrogen and oxygen atoms in total. The summed E-state index contributed by atoms with van der Waals surface area (Å²) >= 11 is 6.44. The van der Waals surface area contributed by atoms with Crippen molar-refractivity contribution in [2.24, 2.45) is 9.98 Å². The Balaban J connectivity index is 1.65. The zero-order valence-corrected chi connectivity index (χ0v) is 15.8. The third-order valence-corrected chi connectivity index (χ3v) is 5.23. The van der Waals surface area contributed by atoms with Crippen molar-refractivity contribution in [2.75, 3.05) is 5.43 Å². The summed E-state index contributed by atoms with van der Waals surface area (Å²) in [7, 11) is 0. The van der Waals surface area contributed by atoms with Gasteiger partial charge in [-0.15, -0.1) is 0 Å². The molecule has 3 aromatic rings. The van der Waals surface area contributed by atoms with Gasteiger partial charge in [-0.1, -0.05) is 41.2 Å². The molecule has 0 spiro atoms. The number of thiazole rings is 1. The number of benzene rings is 2. The highest BCUT2D eigenvalue weighted by Crippen LogP contribution is 2.28. The van der Waals surface area contributed by atoms with Gasteiger partial charge in [0.2, 0.25) is 5.88 Å². The van der Waals surface area contributed by atoms with Gasteiger partial charge in [-0.2, -0.15) is 4.68 Å². The number of carbonyl (C=O) groups is 1. The van der Waals surface area contributed by atoms with Crippen LogP contribution in [-0.4, -0.2) is 15.7 Å². The van der Waals surface area contributed by atoms with Gasteiger partial charge in [-0.3, -0.25) is 10.2 Å². The molecule has 8 heteroatoms. The lowest BCUT2D eigenvalue weighted by molar-refractivity contribution is 0.101. The smallest absolute Gasteiger partial charge is 0.270 e. The molecule has 0 aliphatic carbocycles. The minimum Gasteiger partial charge on any atom is -0.492 e. The first kappa shape index (κ1) is 17.3. The maximum atomic E-state index is 12.4. The zero-order valence-electron chi connectivity index (χ0n) is 14.2. The SMILES string of the molecule is Cc1cccc(C(=O)Nn2c(O)c(C=C3N=c4ccccc4=N3)sc2=S)c1. The number of hydrogen-bond acceptors (Lipinski definition) is 6. The summed E-state index contributed by atoms with van der Waals surface area (Å²) in [6.45, 7) is 1.90. The molecule has 0 radical (unpaired) electrons. The first-order chi connectivity index (χ1) is 13.0. The minimum atomic E-state index is -0.357. The first-order valence-corrected chi connectivity index (χ1v) is 9.31. The van der Waals surface area contributed by atoms with Crippen molar-refractivity contribution in [2.45, 2.75) is 6.92 Å². The Hall–Kier alpha value is -3.10. The predicted octanol–water partition coefficient (Wildman–Crippen LogP) is 2.93. The number of nitrogens with zero attached hydrogens (tertiary/aromatic N) is 3. The second kappa shape index (κ2) is 6.90. The maximum Gasteiger partial charge on any atom is 0.270 e. The van der Waals surface area contributed by atoms with Gasteiger partial charge in [-0.25, -0.2) is 9.98 Å². The summed E-state index contributed by atoms with van der Waals surface area (Å²) in [5.41, 5.74) is 4.08. The van der Waals surface area contributed by atoms with E-state index in [1.807, 2.05) is 37.3 Å². The lowest BCUT2D eigenvalue weighted by Crippen LogP contribution is -2.22. The lowest BCUT2D eigenvalue weighted by Gasteiger charge is -2.07. The van der Waals surface area contributed by atoms with Gasteiger partial charge in [0.05, 0.1) is 15.6 Å². The van der Waals surface area contributed by atoms with Crippen molar-refractivity contribution in [3.8, 4) is 5.88 Å². The Labute approximate surface area is 163 Å². The van der Waals surface area contributed by atoms with Crippen LogP contribution in [0.3, 0.4) is 0 Å². The third-order valence-electron chi connectivity index (χ3n) is 3.92. The largest absolute Gasteiger partial charge is 0.492 e. The minimum absolute atomic E-state index is 0.153. The number of nitrogens with one attached hydrogen (secondary N) is 1. The highest BCUT2D eigenvalue weighted by atomic mass is 32.1. The Kier molecular flexibility index (Phi) is 4.43. The van der Waals surface area contributed by atoms with E-state index in [0.29, 0.717) is 20.2 Å². The second-order valence-corrected chi connectivity index (χ2v) is 7.59. The summed E-state index contributed by atoms with van der Waals surface area (Å²) in [6.07, 6.45) is 1.64. The zero-order chi connectivity index (χ0) is 19.0. The van der Waals surface area contributed by atoms with Crippen LogP contribution in [0.4, 0.5) is 0 Å². The fourth-order valence-corrected chi connectivity index (χ4v) is 3.79. The molecular formula is C19H14N4O2S2. The van der Waals surface area contributed by atoms with Crippen LogP contribution in [0.2, 0.25) is 0 Å². The summed E-state index contributed by atoms with van der Waals surface area (Å²) in [5, 5.41) is 12.1. The van der Waals surface area contributed by atoms with E-state index in [2.05, 4.69) is 15.4 Å². The quantitative estimate of drug-likeness (QED) is 0.671. The van der Waals surface area contributed by atoms with Crippen LogP contribution in [0.15, 0.2) is 64.3 Å². The number of rotatable bonds is 3. The van der Waals surface area contributed by atoms with Crippen LogP contribution in [0, 0.1) is 10.9 Å². The number of para-hydroxylation sites is 2. The van der Waals surface area contributed by atoms with Gasteiger partial charge in [0.1, 0.15) is 0 Å². The van der Waals surface area contributed by atoms with Crippen LogP contribution in [0.1, 0.15) is 20.8 Å². The summed E-state index contributed by atoms with van der Waals surface area (Å²) in [6, 6.07) is 14.7. The second-order valence-electron chi connectivity index (χ2n) is 5.92. The molecule has 134 valence electrons. The molecule has 2 N–H and O–H groups in total. The van der Waals surface area contributed by atoms with Crippen LogP contribution in [0.5, 0.6) is 5.88 Å². The van der Waals surface area contributed by atoms with Gasteiger partial charge in [0.15, 0.2) is 9.78 Å². The number of aryl methyl sites for hydroxylation is 1. The van der Waals surface area contributed by atoms with Gasteiger partial charge in [0.25, 0.3) is 5.91 Å². The first-order valence-electron chi connectivity index (χ1n) is 8.08. The van der Waals surface area contributed by atoms with Crippen molar-refractivity contribution in [3.63, 3.8) is 0 Å². The van der Waals surface area contributed by atoms with Crippen molar-refractivity contribution < 1.29 is 9.90 Å². The van der Waals surface area contributed by atoms with E-state index in [4.69, 9.17) is 12.2 Å². The number of aromatic hydroxyl groups is 1. The maximum absolute atomic E-state index is 12.4. The normalized spacial score (nSPS) is 12.1. The molecule has 1 amide bonds. The monoisotopic (exact) mass is 394 g/mol. The van der Waals surface area contributed by atoms with Gasteiger partial charge in [0, 0.05) is 11.6 Å². The molecule has 0 bridgehead atoms. The molecular weight excluding hydrogens is 380 g/mol. The van der Waals surface area contributed by atoms with Crippen LogP contribution in [-0.2, 0) is 0 Å². The van der Waals surface area contributed by atoms with Crippen LogP contribution >= 0.6 is 23.6 Å². The molecule has 1 aliphatic rings. The number of amides is 1. The van der Waals surface area contributed by atoms with E-state index in [-0.39, 0.29) is 11.8 Å². The Morgan fingerprint density at radius 2 is 1.89 bits per heavy atom. The number of hydrogen-bond donors (Lipinski definition) is 2. The van der Waals surface area contributed by atoms with Crippen LogP contribution < -0.4 is 16.1 Å². The molecule has 27 heavy (non-hydrogen) atoms.